The summed E-state index contributed by atoms with van der Waals surface area (Å²) in [5.41, 5.74) is 1.16. The van der Waals surface area contributed by atoms with Crippen LogP contribution < -0.4 is 0 Å². The molecular formula is C22H30BrNO2. The zero-order valence-corrected chi connectivity index (χ0v) is 17.3. The van der Waals surface area contributed by atoms with Crippen LogP contribution >= 0.6 is 15.9 Å². The van der Waals surface area contributed by atoms with Crippen LogP contribution in [0, 0.1) is 11.3 Å². The molecule has 142 valence electrons. The smallest absolute Gasteiger partial charge is 0.338 e. The van der Waals surface area contributed by atoms with Crippen LogP contribution in [0.3, 0.4) is 0 Å². The number of esters is 1. The molecule has 0 aromatic heterocycles. The molecule has 0 spiro atoms. The van der Waals surface area contributed by atoms with Crippen molar-refractivity contribution < 1.29 is 9.53 Å². The normalized spacial score (nSPS) is 34.2. The van der Waals surface area contributed by atoms with Crippen molar-refractivity contribution in [2.24, 2.45) is 11.3 Å². The van der Waals surface area contributed by atoms with E-state index in [9.17, 15) is 4.79 Å². The van der Waals surface area contributed by atoms with Crippen LogP contribution in [0.5, 0.6) is 0 Å². The second kappa shape index (κ2) is 7.63. The summed E-state index contributed by atoms with van der Waals surface area (Å²) in [6, 6.07) is 8.58. The molecule has 2 saturated heterocycles. The quantitative estimate of drug-likeness (QED) is 0.609. The number of hydrogen-bond acceptors (Lipinski definition) is 3. The highest BCUT2D eigenvalue weighted by molar-refractivity contribution is 9.10. The van der Waals surface area contributed by atoms with E-state index in [2.05, 4.69) is 27.8 Å². The summed E-state index contributed by atoms with van der Waals surface area (Å²) in [5, 5.41) is 0. The highest BCUT2D eigenvalue weighted by atomic mass is 79.9. The molecule has 0 N–H and O–H groups in total. The van der Waals surface area contributed by atoms with E-state index in [4.69, 9.17) is 4.74 Å². The van der Waals surface area contributed by atoms with E-state index >= 15 is 0 Å². The molecule has 1 saturated carbocycles. The number of benzene rings is 1. The topological polar surface area (TPSA) is 29.5 Å². The lowest BCUT2D eigenvalue weighted by atomic mass is 9.63. The maximum Gasteiger partial charge on any atom is 0.338 e. The first-order valence-corrected chi connectivity index (χ1v) is 11.1. The zero-order valence-electron chi connectivity index (χ0n) is 15.8. The molecule has 4 rings (SSSR count). The van der Waals surface area contributed by atoms with Crippen molar-refractivity contribution in [3.63, 3.8) is 0 Å². The number of hydrogen-bond donors (Lipinski definition) is 0. The number of halogens is 1. The Balaban J connectivity index is 1.46. The summed E-state index contributed by atoms with van der Waals surface area (Å²) in [6.45, 7) is 4.12. The van der Waals surface area contributed by atoms with Gasteiger partial charge in [-0.25, -0.2) is 4.79 Å². The van der Waals surface area contributed by atoms with Crippen LogP contribution in [-0.4, -0.2) is 36.1 Å². The molecule has 2 heterocycles. The van der Waals surface area contributed by atoms with Gasteiger partial charge in [-0.2, -0.15) is 0 Å². The van der Waals surface area contributed by atoms with Gasteiger partial charge in [-0.3, -0.25) is 4.90 Å². The van der Waals surface area contributed by atoms with Crippen LogP contribution in [0.4, 0.5) is 0 Å². The van der Waals surface area contributed by atoms with Gasteiger partial charge in [0.15, 0.2) is 0 Å². The first kappa shape index (κ1) is 18.5. The lowest BCUT2D eigenvalue weighted by Gasteiger charge is -2.48. The minimum Gasteiger partial charge on any atom is -0.460 e. The van der Waals surface area contributed by atoms with E-state index in [-0.39, 0.29) is 5.97 Å². The summed E-state index contributed by atoms with van der Waals surface area (Å²) in [4.78, 5) is 15.2. The van der Waals surface area contributed by atoms with Gasteiger partial charge in [-0.1, -0.05) is 35.7 Å². The molecule has 0 unspecified atom stereocenters. The number of carbonyl (C=O) groups excluding carboxylic acids is 1. The Morgan fingerprint density at radius 3 is 2.77 bits per heavy atom. The first-order chi connectivity index (χ1) is 12.6. The summed E-state index contributed by atoms with van der Waals surface area (Å²) in [7, 11) is 0. The van der Waals surface area contributed by atoms with Gasteiger partial charge in [-0.05, 0) is 80.7 Å². The van der Waals surface area contributed by atoms with Crippen molar-refractivity contribution in [1.29, 1.82) is 0 Å². The number of ether oxygens (including phenoxy) is 1. The van der Waals surface area contributed by atoms with Gasteiger partial charge in [0.1, 0.15) is 6.61 Å². The Morgan fingerprint density at radius 1 is 1.23 bits per heavy atom. The SMILES string of the molecule is CC[C@]12CCCCN3[C@@H](COC(=O)c4ccc(Br)cc4)C[C@H](CCC1)[C@@H]32. The highest BCUT2D eigenvalue weighted by Crippen LogP contribution is 2.54. The van der Waals surface area contributed by atoms with Gasteiger partial charge in [0, 0.05) is 16.6 Å². The summed E-state index contributed by atoms with van der Waals surface area (Å²) in [5.74, 6) is 0.613. The Morgan fingerprint density at radius 2 is 2.00 bits per heavy atom. The van der Waals surface area contributed by atoms with E-state index in [0.717, 1.165) is 16.4 Å². The average Bonchev–Trinajstić information content (AvgIpc) is 2.89. The van der Waals surface area contributed by atoms with Crippen LogP contribution in [0.2, 0.25) is 0 Å². The van der Waals surface area contributed by atoms with E-state index in [0.29, 0.717) is 23.6 Å². The van der Waals surface area contributed by atoms with E-state index < -0.39 is 0 Å². The molecule has 4 atom stereocenters. The van der Waals surface area contributed by atoms with Crippen LogP contribution in [0.25, 0.3) is 0 Å². The van der Waals surface area contributed by atoms with Crippen molar-refractivity contribution in [3.8, 4) is 0 Å². The third-order valence-corrected chi connectivity index (χ3v) is 7.79. The number of rotatable bonds is 4. The van der Waals surface area contributed by atoms with E-state index in [1.807, 2.05) is 24.3 Å². The third kappa shape index (κ3) is 3.35. The van der Waals surface area contributed by atoms with Gasteiger partial charge in [-0.15, -0.1) is 0 Å². The minimum atomic E-state index is -0.191. The Hall–Kier alpha value is -0.870. The fourth-order valence-electron chi connectivity index (χ4n) is 6.04. The Kier molecular flexibility index (Phi) is 5.43. The fourth-order valence-corrected chi connectivity index (χ4v) is 6.30. The zero-order chi connectivity index (χ0) is 18.1. The molecule has 1 aromatic rings. The van der Waals surface area contributed by atoms with E-state index in [1.54, 1.807) is 0 Å². The van der Waals surface area contributed by atoms with Crippen molar-refractivity contribution in [3.05, 3.63) is 34.3 Å². The number of nitrogens with zero attached hydrogens (tertiary/aromatic N) is 1. The summed E-state index contributed by atoms with van der Waals surface area (Å²) >= 11 is 3.41. The molecule has 0 amide bonds. The van der Waals surface area contributed by atoms with Crippen molar-refractivity contribution in [2.75, 3.05) is 13.2 Å². The molecule has 1 aromatic carbocycles. The van der Waals surface area contributed by atoms with Crippen molar-refractivity contribution in [1.82, 2.24) is 4.90 Å². The summed E-state index contributed by atoms with van der Waals surface area (Å²) in [6.07, 6.45) is 10.7. The van der Waals surface area contributed by atoms with Crippen molar-refractivity contribution >= 4 is 21.9 Å². The molecule has 26 heavy (non-hydrogen) atoms. The molecule has 1 aliphatic carbocycles. The van der Waals surface area contributed by atoms with Gasteiger partial charge in [0.05, 0.1) is 5.56 Å². The van der Waals surface area contributed by atoms with Gasteiger partial charge >= 0.3 is 5.97 Å². The predicted octanol–water partition coefficient (Wildman–Crippen LogP) is 5.43. The molecule has 0 radical (unpaired) electrons. The number of carbonyl (C=O) groups is 1. The minimum absolute atomic E-state index is 0.191. The van der Waals surface area contributed by atoms with Gasteiger partial charge < -0.3 is 4.74 Å². The molecule has 4 heteroatoms. The molecule has 3 fully saturated rings. The van der Waals surface area contributed by atoms with Crippen molar-refractivity contribution in [2.45, 2.75) is 70.4 Å². The molecule has 3 aliphatic rings. The second-order valence-electron chi connectivity index (χ2n) is 8.50. The second-order valence-corrected chi connectivity index (χ2v) is 9.42. The Labute approximate surface area is 165 Å². The standard InChI is InChI=1S/C22H30BrNO2/c1-2-22-11-3-4-13-24-19(14-17(20(22)24)6-5-12-22)15-26-21(25)16-7-9-18(23)10-8-16/h7-10,17,19-20H,2-6,11-15H2,1H3/t17-,19+,20+,22-/m0/s1. The Bertz CT molecular complexity index is 646. The monoisotopic (exact) mass is 419 g/mol. The van der Waals surface area contributed by atoms with Gasteiger partial charge in [0.2, 0.25) is 0 Å². The molecule has 0 bridgehead atoms. The van der Waals surface area contributed by atoms with E-state index in [1.165, 1.54) is 57.9 Å². The lowest BCUT2D eigenvalue weighted by molar-refractivity contribution is 0.00673. The predicted molar refractivity (Wildman–Crippen MR) is 107 cm³/mol. The average molecular weight is 420 g/mol. The van der Waals surface area contributed by atoms with Crippen LogP contribution in [0.1, 0.15) is 68.6 Å². The molecule has 3 nitrogen and oxygen atoms in total. The van der Waals surface area contributed by atoms with Crippen LogP contribution in [0.15, 0.2) is 28.7 Å². The van der Waals surface area contributed by atoms with Crippen LogP contribution in [-0.2, 0) is 4.74 Å². The third-order valence-electron chi connectivity index (χ3n) is 7.26. The molecular weight excluding hydrogens is 390 g/mol. The lowest BCUT2D eigenvalue weighted by Crippen LogP contribution is -2.50. The van der Waals surface area contributed by atoms with Gasteiger partial charge in [0.25, 0.3) is 0 Å². The molecule has 2 aliphatic heterocycles. The maximum absolute atomic E-state index is 12.4. The maximum atomic E-state index is 12.4. The summed E-state index contributed by atoms with van der Waals surface area (Å²) < 4.78 is 6.74. The highest BCUT2D eigenvalue weighted by Gasteiger charge is 2.53. The largest absolute Gasteiger partial charge is 0.460 e. The first-order valence-electron chi connectivity index (χ1n) is 10.3. The fraction of sp³-hybridized carbons (Fsp3) is 0.682.